The third kappa shape index (κ3) is 2.24. The van der Waals surface area contributed by atoms with E-state index in [1.54, 1.807) is 0 Å². The molecule has 0 aromatic rings. The van der Waals surface area contributed by atoms with Crippen molar-refractivity contribution in [1.29, 1.82) is 0 Å². The molecule has 0 bridgehead atoms. The van der Waals surface area contributed by atoms with Crippen molar-refractivity contribution in [1.82, 2.24) is 0 Å². The molecule has 54 valence electrons. The summed E-state index contributed by atoms with van der Waals surface area (Å²) in [6, 6.07) is 0. The molecule has 1 rings (SSSR count). The maximum atomic E-state index is 11.4. The summed E-state index contributed by atoms with van der Waals surface area (Å²) >= 11 is 0. The largest absolute Gasteiger partial charge is 0.352 e. The standard InChI is InChI=1S/C5H8F2O2/c6-5(7)9-4-2-1-3-8-4/h4-5H,1-3H2. The minimum atomic E-state index is -2.70. The Bertz CT molecular complexity index is 81.0. The monoisotopic (exact) mass is 138 g/mol. The molecule has 1 aliphatic rings. The van der Waals surface area contributed by atoms with Crippen LogP contribution in [-0.4, -0.2) is 19.5 Å². The molecule has 1 fully saturated rings. The molecule has 2 nitrogen and oxygen atoms in total. The molecule has 0 radical (unpaired) electrons. The highest BCUT2D eigenvalue weighted by Gasteiger charge is 2.19. The molecule has 0 aliphatic carbocycles. The summed E-state index contributed by atoms with van der Waals surface area (Å²) in [5, 5.41) is 0. The van der Waals surface area contributed by atoms with Gasteiger partial charge in [0.15, 0.2) is 6.29 Å². The predicted molar refractivity (Wildman–Crippen MR) is 26.1 cm³/mol. The lowest BCUT2D eigenvalue weighted by atomic mass is 10.4. The van der Waals surface area contributed by atoms with Crippen molar-refractivity contribution in [2.24, 2.45) is 0 Å². The van der Waals surface area contributed by atoms with Crippen LogP contribution in [0.2, 0.25) is 0 Å². The summed E-state index contributed by atoms with van der Waals surface area (Å²) < 4.78 is 31.6. The SMILES string of the molecule is FC(F)OC1CCCO1. The van der Waals surface area contributed by atoms with Gasteiger partial charge in [0.1, 0.15) is 0 Å². The molecule has 0 saturated carbocycles. The molecule has 9 heavy (non-hydrogen) atoms. The van der Waals surface area contributed by atoms with E-state index in [-0.39, 0.29) is 0 Å². The first kappa shape index (κ1) is 6.89. The van der Waals surface area contributed by atoms with Crippen LogP contribution in [0.4, 0.5) is 8.78 Å². The van der Waals surface area contributed by atoms with E-state index in [1.807, 2.05) is 0 Å². The number of ether oxygens (including phenoxy) is 2. The zero-order valence-corrected chi connectivity index (χ0v) is 4.85. The van der Waals surface area contributed by atoms with Crippen molar-refractivity contribution >= 4 is 0 Å². The Hall–Kier alpha value is -0.220. The van der Waals surface area contributed by atoms with Gasteiger partial charge in [-0.05, 0) is 6.42 Å². The maximum Gasteiger partial charge on any atom is 0.347 e. The fraction of sp³-hybridized carbons (Fsp3) is 1.00. The van der Waals surface area contributed by atoms with Crippen LogP contribution < -0.4 is 0 Å². The summed E-state index contributed by atoms with van der Waals surface area (Å²) in [4.78, 5) is 0. The van der Waals surface area contributed by atoms with E-state index < -0.39 is 12.9 Å². The van der Waals surface area contributed by atoms with Gasteiger partial charge in [-0.25, -0.2) is 0 Å². The first-order valence-electron chi connectivity index (χ1n) is 2.84. The molecule has 4 heteroatoms. The second-order valence-corrected chi connectivity index (χ2v) is 1.84. The van der Waals surface area contributed by atoms with E-state index in [0.29, 0.717) is 13.0 Å². The second kappa shape index (κ2) is 3.08. The summed E-state index contributed by atoms with van der Waals surface area (Å²) in [6.07, 6.45) is 0.742. The van der Waals surface area contributed by atoms with Gasteiger partial charge in [-0.15, -0.1) is 0 Å². The van der Waals surface area contributed by atoms with E-state index in [0.717, 1.165) is 6.42 Å². The van der Waals surface area contributed by atoms with Crippen molar-refractivity contribution in [2.45, 2.75) is 25.7 Å². The van der Waals surface area contributed by atoms with Crippen molar-refractivity contribution < 1.29 is 18.3 Å². The Balaban J connectivity index is 2.11. The zero-order chi connectivity index (χ0) is 6.69. The molecule has 1 aliphatic heterocycles. The zero-order valence-electron chi connectivity index (χ0n) is 4.85. The van der Waals surface area contributed by atoms with Crippen molar-refractivity contribution in [3.05, 3.63) is 0 Å². The molecule has 0 aromatic heterocycles. The van der Waals surface area contributed by atoms with Gasteiger partial charge in [0.2, 0.25) is 0 Å². The smallest absolute Gasteiger partial charge is 0.347 e. The lowest BCUT2D eigenvalue weighted by molar-refractivity contribution is -0.229. The van der Waals surface area contributed by atoms with Crippen LogP contribution in [0.3, 0.4) is 0 Å². The summed E-state index contributed by atoms with van der Waals surface area (Å²) in [5.41, 5.74) is 0. The number of rotatable bonds is 2. The number of halogens is 2. The first-order valence-corrected chi connectivity index (χ1v) is 2.84. The quantitative estimate of drug-likeness (QED) is 0.573. The Morgan fingerprint density at radius 3 is 2.78 bits per heavy atom. The van der Waals surface area contributed by atoms with E-state index in [9.17, 15) is 8.78 Å². The molecule has 1 unspecified atom stereocenters. The molecule has 0 N–H and O–H groups in total. The fourth-order valence-electron chi connectivity index (χ4n) is 0.770. The van der Waals surface area contributed by atoms with Gasteiger partial charge in [-0.3, -0.25) is 4.74 Å². The van der Waals surface area contributed by atoms with E-state index in [2.05, 4.69) is 4.74 Å². The highest BCUT2D eigenvalue weighted by Crippen LogP contribution is 2.15. The van der Waals surface area contributed by atoms with E-state index >= 15 is 0 Å². The Labute approximate surface area is 51.8 Å². The minimum absolute atomic E-state index is 0.539. The van der Waals surface area contributed by atoms with Crippen LogP contribution in [0, 0.1) is 0 Å². The van der Waals surface area contributed by atoms with Gasteiger partial charge < -0.3 is 4.74 Å². The molecular formula is C5H8F2O2. The number of hydrogen-bond donors (Lipinski definition) is 0. The van der Waals surface area contributed by atoms with Crippen LogP contribution in [0.25, 0.3) is 0 Å². The highest BCUT2D eigenvalue weighted by atomic mass is 19.3. The highest BCUT2D eigenvalue weighted by molar-refractivity contribution is 4.53. The van der Waals surface area contributed by atoms with Gasteiger partial charge in [0.25, 0.3) is 0 Å². The van der Waals surface area contributed by atoms with Crippen LogP contribution in [-0.2, 0) is 9.47 Å². The van der Waals surface area contributed by atoms with Crippen LogP contribution in [0.5, 0.6) is 0 Å². The Morgan fingerprint density at radius 2 is 2.33 bits per heavy atom. The molecule has 1 atom stereocenters. The number of alkyl halides is 2. The average molecular weight is 138 g/mol. The molecule has 0 amide bonds. The summed E-state index contributed by atoms with van der Waals surface area (Å²) in [7, 11) is 0. The molecule has 0 aromatic carbocycles. The Morgan fingerprint density at radius 1 is 1.56 bits per heavy atom. The lowest BCUT2D eigenvalue weighted by Gasteiger charge is -2.08. The van der Waals surface area contributed by atoms with Crippen molar-refractivity contribution in [2.75, 3.05) is 6.61 Å². The van der Waals surface area contributed by atoms with Gasteiger partial charge in [0, 0.05) is 13.0 Å². The first-order chi connectivity index (χ1) is 4.29. The van der Waals surface area contributed by atoms with Crippen LogP contribution in [0.1, 0.15) is 12.8 Å². The Kier molecular flexibility index (Phi) is 2.36. The van der Waals surface area contributed by atoms with E-state index in [4.69, 9.17) is 4.74 Å². The molecular weight excluding hydrogens is 130 g/mol. The molecule has 1 saturated heterocycles. The lowest BCUT2D eigenvalue weighted by Crippen LogP contribution is -2.13. The fourth-order valence-corrected chi connectivity index (χ4v) is 0.770. The van der Waals surface area contributed by atoms with Crippen molar-refractivity contribution in [3.8, 4) is 0 Å². The third-order valence-corrected chi connectivity index (χ3v) is 1.14. The minimum Gasteiger partial charge on any atom is -0.352 e. The predicted octanol–water partition coefficient (Wildman–Crippen LogP) is 1.36. The second-order valence-electron chi connectivity index (χ2n) is 1.84. The van der Waals surface area contributed by atoms with Gasteiger partial charge in [-0.2, -0.15) is 8.78 Å². The van der Waals surface area contributed by atoms with Crippen LogP contribution in [0.15, 0.2) is 0 Å². The van der Waals surface area contributed by atoms with Crippen LogP contribution >= 0.6 is 0 Å². The summed E-state index contributed by atoms with van der Waals surface area (Å²) in [5.74, 6) is 0. The maximum absolute atomic E-state index is 11.4. The topological polar surface area (TPSA) is 18.5 Å². The normalized spacial score (nSPS) is 27.7. The van der Waals surface area contributed by atoms with Crippen molar-refractivity contribution in [3.63, 3.8) is 0 Å². The summed E-state index contributed by atoms with van der Waals surface area (Å²) in [6.45, 7) is -2.16. The molecule has 1 heterocycles. The van der Waals surface area contributed by atoms with E-state index in [1.165, 1.54) is 0 Å². The average Bonchev–Trinajstić information content (AvgIpc) is 2.15. The van der Waals surface area contributed by atoms with Gasteiger partial charge in [0.05, 0.1) is 0 Å². The third-order valence-electron chi connectivity index (χ3n) is 1.14. The van der Waals surface area contributed by atoms with Gasteiger partial charge >= 0.3 is 6.61 Å². The number of hydrogen-bond acceptors (Lipinski definition) is 2. The molecule has 0 spiro atoms. The van der Waals surface area contributed by atoms with Gasteiger partial charge in [-0.1, -0.05) is 0 Å².